The first-order chi connectivity index (χ1) is 13.6. The molecule has 2 N–H and O–H groups in total. The van der Waals surface area contributed by atoms with E-state index in [0.29, 0.717) is 17.7 Å². The summed E-state index contributed by atoms with van der Waals surface area (Å²) in [5.74, 6) is -0.00122. The fraction of sp³-hybridized carbons (Fsp3) is 0.318. The van der Waals surface area contributed by atoms with E-state index in [0.717, 1.165) is 24.9 Å². The Balaban J connectivity index is 1.58. The van der Waals surface area contributed by atoms with Gasteiger partial charge in [0.25, 0.3) is 5.91 Å². The maximum atomic E-state index is 14.1. The van der Waals surface area contributed by atoms with Gasteiger partial charge in [-0.05, 0) is 31.0 Å². The van der Waals surface area contributed by atoms with Crippen LogP contribution >= 0.6 is 0 Å². The number of aliphatic hydroxyl groups excluding tert-OH is 1. The highest BCUT2D eigenvalue weighted by molar-refractivity contribution is 5.93. The molecule has 0 bridgehead atoms. The van der Waals surface area contributed by atoms with Crippen molar-refractivity contribution < 1.29 is 19.0 Å². The van der Waals surface area contributed by atoms with Crippen LogP contribution in [0.3, 0.4) is 0 Å². The molecule has 1 aliphatic carbocycles. The van der Waals surface area contributed by atoms with Crippen LogP contribution in [-0.4, -0.2) is 23.2 Å². The fourth-order valence-corrected chi connectivity index (χ4v) is 3.70. The van der Waals surface area contributed by atoms with Gasteiger partial charge in [0, 0.05) is 5.56 Å². The van der Waals surface area contributed by atoms with Crippen molar-refractivity contribution in [1.82, 2.24) is 5.32 Å². The molecule has 0 unspecified atom stereocenters. The second-order valence-corrected chi connectivity index (χ2v) is 7.21. The molecule has 2 aromatic rings. The Hall–Kier alpha value is -2.86. The minimum atomic E-state index is -0.538. The van der Waals surface area contributed by atoms with E-state index in [1.807, 2.05) is 23.1 Å². The summed E-state index contributed by atoms with van der Waals surface area (Å²) in [4.78, 5) is 14.6. The first-order valence-corrected chi connectivity index (χ1v) is 9.59. The second kappa shape index (κ2) is 8.02. The molecule has 4 rings (SSSR count). The molecule has 2 aliphatic rings. The minimum absolute atomic E-state index is 0.132. The summed E-state index contributed by atoms with van der Waals surface area (Å²) < 4.78 is 19.9. The van der Waals surface area contributed by atoms with Crippen LogP contribution in [0.2, 0.25) is 0 Å². The topological polar surface area (TPSA) is 61.8 Å². The number of nitrogens with one attached hydrogen (secondary N) is 1. The molecule has 0 spiro atoms. The number of hydrogen-bond acceptors (Lipinski definition) is 4. The molecule has 1 fully saturated rings. The van der Waals surface area contributed by atoms with Crippen LogP contribution in [0.4, 0.5) is 10.1 Å². The number of rotatable bonds is 4. The van der Waals surface area contributed by atoms with E-state index in [4.69, 9.17) is 4.74 Å². The zero-order valence-corrected chi connectivity index (χ0v) is 15.5. The van der Waals surface area contributed by atoms with Crippen LogP contribution in [0.25, 0.3) is 0 Å². The monoisotopic (exact) mass is 382 g/mol. The van der Waals surface area contributed by atoms with Gasteiger partial charge in [-0.2, -0.15) is 0 Å². The van der Waals surface area contributed by atoms with Crippen LogP contribution < -0.4 is 15.0 Å². The van der Waals surface area contributed by atoms with Crippen LogP contribution in [0.1, 0.15) is 31.2 Å². The van der Waals surface area contributed by atoms with Gasteiger partial charge in [0.2, 0.25) is 5.76 Å². The first kappa shape index (κ1) is 18.5. The van der Waals surface area contributed by atoms with Gasteiger partial charge in [-0.15, -0.1) is 0 Å². The third-order valence-corrected chi connectivity index (χ3v) is 5.24. The lowest BCUT2D eigenvalue weighted by molar-refractivity contribution is -0.121. The van der Waals surface area contributed by atoms with Crippen molar-refractivity contribution in [2.24, 2.45) is 0 Å². The number of aliphatic hydroxyl groups is 1. The Morgan fingerprint density at radius 1 is 1.14 bits per heavy atom. The Kier molecular flexibility index (Phi) is 5.30. The maximum Gasteiger partial charge on any atom is 0.288 e. The number of carbonyl (C=O) groups excluding carboxylic acids is 1. The standard InChI is InChI=1S/C22H23FN2O3/c23-16-8-2-1-7-15(16)13-25-14-21(28-20-12-6-4-10-18(20)25)22(27)24-17-9-3-5-11-19(17)26/h1-2,4,6-8,10,12,14,17,19,26H,3,5,9,11,13H2,(H,24,27)/t17-,19-/m0/s1. The van der Waals surface area contributed by atoms with E-state index in [-0.39, 0.29) is 30.1 Å². The summed E-state index contributed by atoms with van der Waals surface area (Å²) in [5.41, 5.74) is 1.29. The van der Waals surface area contributed by atoms with Gasteiger partial charge in [-0.3, -0.25) is 4.79 Å². The van der Waals surface area contributed by atoms with Crippen molar-refractivity contribution in [2.45, 2.75) is 44.4 Å². The van der Waals surface area contributed by atoms with Crippen molar-refractivity contribution in [1.29, 1.82) is 0 Å². The van der Waals surface area contributed by atoms with Crippen molar-refractivity contribution in [3.8, 4) is 5.75 Å². The van der Waals surface area contributed by atoms with Crippen molar-refractivity contribution >= 4 is 11.6 Å². The van der Waals surface area contributed by atoms with Gasteiger partial charge < -0.3 is 20.1 Å². The van der Waals surface area contributed by atoms with Gasteiger partial charge in [-0.1, -0.05) is 43.2 Å². The number of carbonyl (C=O) groups is 1. The molecule has 1 amide bonds. The largest absolute Gasteiger partial charge is 0.448 e. The SMILES string of the molecule is O=C(N[C@H]1CCCC[C@@H]1O)C1=CN(Cc2ccccc2F)c2ccccc2O1. The Morgan fingerprint density at radius 3 is 2.71 bits per heavy atom. The van der Waals surface area contributed by atoms with Crippen molar-refractivity contribution in [3.05, 3.63) is 71.9 Å². The van der Waals surface area contributed by atoms with Crippen LogP contribution in [0, 0.1) is 5.82 Å². The highest BCUT2D eigenvalue weighted by Gasteiger charge is 2.29. The Labute approximate surface area is 163 Å². The van der Waals surface area contributed by atoms with E-state index in [2.05, 4.69) is 5.32 Å². The Morgan fingerprint density at radius 2 is 1.89 bits per heavy atom. The number of amides is 1. The van der Waals surface area contributed by atoms with Crippen molar-refractivity contribution in [2.75, 3.05) is 4.90 Å². The molecule has 1 heterocycles. The average molecular weight is 382 g/mol. The number of halogens is 1. The first-order valence-electron chi connectivity index (χ1n) is 9.59. The molecule has 6 heteroatoms. The van der Waals surface area contributed by atoms with E-state index in [1.54, 1.807) is 30.5 Å². The highest BCUT2D eigenvalue weighted by Crippen LogP contribution is 2.35. The number of para-hydroxylation sites is 2. The summed E-state index contributed by atoms with van der Waals surface area (Å²) in [5, 5.41) is 13.0. The smallest absolute Gasteiger partial charge is 0.288 e. The number of fused-ring (bicyclic) bond motifs is 1. The fourth-order valence-electron chi connectivity index (χ4n) is 3.70. The summed E-state index contributed by atoms with van der Waals surface area (Å²) in [6, 6.07) is 13.6. The lowest BCUT2D eigenvalue weighted by Gasteiger charge is -2.31. The van der Waals surface area contributed by atoms with Crippen LogP contribution in [-0.2, 0) is 11.3 Å². The molecule has 146 valence electrons. The van der Waals surface area contributed by atoms with E-state index in [1.165, 1.54) is 6.07 Å². The van der Waals surface area contributed by atoms with Crippen LogP contribution in [0.5, 0.6) is 5.75 Å². The molecule has 1 aliphatic heterocycles. The summed E-state index contributed by atoms with van der Waals surface area (Å²) in [6.07, 6.45) is 4.44. The Bertz CT molecular complexity index is 899. The number of nitrogens with zero attached hydrogens (tertiary/aromatic N) is 1. The molecule has 0 aromatic heterocycles. The zero-order chi connectivity index (χ0) is 19.5. The zero-order valence-electron chi connectivity index (χ0n) is 15.5. The van der Waals surface area contributed by atoms with Gasteiger partial charge >= 0.3 is 0 Å². The summed E-state index contributed by atoms with van der Waals surface area (Å²) in [7, 11) is 0. The van der Waals surface area contributed by atoms with E-state index < -0.39 is 6.10 Å². The lowest BCUT2D eigenvalue weighted by Crippen LogP contribution is -2.46. The number of ether oxygens (including phenoxy) is 1. The van der Waals surface area contributed by atoms with Gasteiger partial charge in [0.05, 0.1) is 30.6 Å². The molecule has 0 saturated heterocycles. The highest BCUT2D eigenvalue weighted by atomic mass is 19.1. The molecule has 1 saturated carbocycles. The third-order valence-electron chi connectivity index (χ3n) is 5.24. The van der Waals surface area contributed by atoms with E-state index in [9.17, 15) is 14.3 Å². The average Bonchev–Trinajstić information content (AvgIpc) is 2.71. The molecule has 0 radical (unpaired) electrons. The maximum absolute atomic E-state index is 14.1. The summed E-state index contributed by atoms with van der Waals surface area (Å²) in [6.45, 7) is 0.274. The normalized spacial score (nSPS) is 21.4. The van der Waals surface area contributed by atoms with Gasteiger partial charge in [0.1, 0.15) is 5.82 Å². The van der Waals surface area contributed by atoms with E-state index >= 15 is 0 Å². The third kappa shape index (κ3) is 3.87. The molecule has 2 aromatic carbocycles. The predicted molar refractivity (Wildman–Crippen MR) is 104 cm³/mol. The number of hydrogen-bond donors (Lipinski definition) is 2. The quantitative estimate of drug-likeness (QED) is 0.850. The van der Waals surface area contributed by atoms with Crippen molar-refractivity contribution in [3.63, 3.8) is 0 Å². The predicted octanol–water partition coefficient (Wildman–Crippen LogP) is 3.49. The molecular formula is C22H23FN2O3. The minimum Gasteiger partial charge on any atom is -0.448 e. The van der Waals surface area contributed by atoms with Gasteiger partial charge in [-0.25, -0.2) is 4.39 Å². The van der Waals surface area contributed by atoms with Gasteiger partial charge in [0.15, 0.2) is 5.75 Å². The molecular weight excluding hydrogens is 359 g/mol. The van der Waals surface area contributed by atoms with Crippen LogP contribution in [0.15, 0.2) is 60.5 Å². The molecule has 28 heavy (non-hydrogen) atoms. The number of benzene rings is 2. The lowest BCUT2D eigenvalue weighted by atomic mass is 9.92. The second-order valence-electron chi connectivity index (χ2n) is 7.21. The molecule has 5 nitrogen and oxygen atoms in total. The summed E-state index contributed by atoms with van der Waals surface area (Å²) >= 11 is 0. The molecule has 2 atom stereocenters. The number of anilines is 1.